The molecule has 0 aliphatic carbocycles. The minimum atomic E-state index is -0.741. The summed E-state index contributed by atoms with van der Waals surface area (Å²) in [7, 11) is 0. The van der Waals surface area contributed by atoms with Gasteiger partial charge in [-0.15, -0.1) is 0 Å². The van der Waals surface area contributed by atoms with E-state index in [0.717, 1.165) is 5.56 Å². The first-order chi connectivity index (χ1) is 13.6. The molecule has 0 spiro atoms. The highest BCUT2D eigenvalue weighted by molar-refractivity contribution is 6.31. The smallest absolute Gasteiger partial charge is 0.409 e. The zero-order valence-corrected chi connectivity index (χ0v) is 15.6. The van der Waals surface area contributed by atoms with Crippen molar-refractivity contribution in [3.8, 4) is 5.75 Å². The number of Topliss-reactive ketones (excluding diaryl/α,β-unsaturated/α-hetero) is 1. The van der Waals surface area contributed by atoms with Crippen LogP contribution in [-0.2, 0) is 0 Å². The number of rotatable bonds is 6. The first-order valence-electron chi connectivity index (χ1n) is 8.55. The Bertz CT molecular complexity index is 989. The fourth-order valence-corrected chi connectivity index (χ4v) is 2.67. The standard InChI is InChI=1S/C22H17ClN2O3/c23-18-11-7-10-17(14-18)21(26)15-20(16-8-3-1-4-9-16)24-25-22(27)28-19-12-5-2-6-13-19/h1-14H,15H2,(H,25,27)/b24-20+. The van der Waals surface area contributed by atoms with Gasteiger partial charge < -0.3 is 4.74 Å². The number of carbonyl (C=O) groups excluding carboxylic acids is 2. The van der Waals surface area contributed by atoms with Gasteiger partial charge in [0, 0.05) is 10.6 Å². The van der Waals surface area contributed by atoms with E-state index in [-0.39, 0.29) is 12.2 Å². The zero-order valence-electron chi connectivity index (χ0n) is 14.8. The number of hydrogen-bond acceptors (Lipinski definition) is 4. The molecule has 0 saturated carbocycles. The average molecular weight is 393 g/mol. The van der Waals surface area contributed by atoms with E-state index in [1.165, 1.54) is 0 Å². The minimum absolute atomic E-state index is 0.00400. The van der Waals surface area contributed by atoms with Crippen molar-refractivity contribution in [1.82, 2.24) is 5.43 Å². The van der Waals surface area contributed by atoms with Crippen molar-refractivity contribution in [2.75, 3.05) is 0 Å². The second-order valence-corrected chi connectivity index (χ2v) is 6.29. The van der Waals surface area contributed by atoms with Gasteiger partial charge in [0.15, 0.2) is 5.78 Å². The summed E-state index contributed by atoms with van der Waals surface area (Å²) in [5.41, 5.74) is 3.95. The molecule has 28 heavy (non-hydrogen) atoms. The lowest BCUT2D eigenvalue weighted by Gasteiger charge is -2.08. The molecule has 0 saturated heterocycles. The van der Waals surface area contributed by atoms with Crippen LogP contribution in [0.25, 0.3) is 0 Å². The number of ether oxygens (including phenoxy) is 1. The predicted molar refractivity (Wildman–Crippen MR) is 109 cm³/mol. The molecule has 3 aromatic rings. The highest BCUT2D eigenvalue weighted by atomic mass is 35.5. The molecule has 1 amide bonds. The lowest BCUT2D eigenvalue weighted by Crippen LogP contribution is -2.24. The number of hydrogen-bond donors (Lipinski definition) is 1. The molecule has 0 aromatic heterocycles. The quantitative estimate of drug-likeness (QED) is 0.360. The topological polar surface area (TPSA) is 67.8 Å². The van der Waals surface area contributed by atoms with Gasteiger partial charge in [-0.25, -0.2) is 10.2 Å². The Hall–Kier alpha value is -3.44. The van der Waals surface area contributed by atoms with Gasteiger partial charge in [0.2, 0.25) is 0 Å². The van der Waals surface area contributed by atoms with E-state index in [9.17, 15) is 9.59 Å². The molecule has 0 heterocycles. The molecule has 0 aliphatic heterocycles. The summed E-state index contributed by atoms with van der Waals surface area (Å²) in [6.07, 6.45) is -0.745. The van der Waals surface area contributed by atoms with Gasteiger partial charge in [-0.3, -0.25) is 4.79 Å². The molecule has 3 rings (SSSR count). The number of nitrogens with one attached hydrogen (secondary N) is 1. The fourth-order valence-electron chi connectivity index (χ4n) is 2.48. The van der Waals surface area contributed by atoms with Crippen LogP contribution in [0, 0.1) is 0 Å². The SMILES string of the molecule is O=C(N/N=C(\CC(=O)c1cccc(Cl)c1)c1ccccc1)Oc1ccccc1. The molecule has 6 heteroatoms. The van der Waals surface area contributed by atoms with E-state index in [1.54, 1.807) is 48.5 Å². The van der Waals surface area contributed by atoms with Crippen molar-refractivity contribution >= 4 is 29.2 Å². The average Bonchev–Trinajstić information content (AvgIpc) is 2.72. The van der Waals surface area contributed by atoms with Gasteiger partial charge >= 0.3 is 6.09 Å². The van der Waals surface area contributed by atoms with Crippen LogP contribution < -0.4 is 10.2 Å². The Morgan fingerprint density at radius 2 is 1.50 bits per heavy atom. The maximum atomic E-state index is 12.6. The van der Waals surface area contributed by atoms with Gasteiger partial charge in [0.1, 0.15) is 5.75 Å². The number of benzene rings is 3. The fraction of sp³-hybridized carbons (Fsp3) is 0.0455. The monoisotopic (exact) mass is 392 g/mol. The van der Waals surface area contributed by atoms with Gasteiger partial charge in [0.05, 0.1) is 12.1 Å². The molecule has 0 fully saturated rings. The molecule has 0 aliphatic rings. The Labute approximate surface area is 167 Å². The van der Waals surface area contributed by atoms with Crippen LogP contribution in [0.3, 0.4) is 0 Å². The van der Waals surface area contributed by atoms with Gasteiger partial charge in [0.25, 0.3) is 0 Å². The molecule has 0 radical (unpaired) electrons. The predicted octanol–water partition coefficient (Wildman–Crippen LogP) is 5.11. The number of para-hydroxylation sites is 1. The molecule has 0 atom stereocenters. The molecule has 140 valence electrons. The van der Waals surface area contributed by atoms with Crippen LogP contribution in [-0.4, -0.2) is 17.6 Å². The largest absolute Gasteiger partial charge is 0.433 e. The van der Waals surface area contributed by atoms with E-state index in [0.29, 0.717) is 22.0 Å². The Morgan fingerprint density at radius 1 is 0.857 bits per heavy atom. The Kier molecular flexibility index (Phi) is 6.54. The van der Waals surface area contributed by atoms with E-state index in [2.05, 4.69) is 10.5 Å². The molecule has 0 bridgehead atoms. The second kappa shape index (κ2) is 9.48. The Balaban J connectivity index is 1.76. The van der Waals surface area contributed by atoms with Crippen molar-refractivity contribution < 1.29 is 14.3 Å². The summed E-state index contributed by atoms with van der Waals surface area (Å²) in [4.78, 5) is 24.6. The molecular weight excluding hydrogens is 376 g/mol. The highest BCUT2D eigenvalue weighted by Gasteiger charge is 2.14. The summed E-state index contributed by atoms with van der Waals surface area (Å²) in [6.45, 7) is 0. The lowest BCUT2D eigenvalue weighted by molar-refractivity contribution is 0.100. The van der Waals surface area contributed by atoms with Crippen LogP contribution in [0.5, 0.6) is 5.75 Å². The number of ketones is 1. The molecule has 1 N–H and O–H groups in total. The number of carbonyl (C=O) groups is 2. The molecule has 0 unspecified atom stereocenters. The van der Waals surface area contributed by atoms with Crippen molar-refractivity contribution in [2.45, 2.75) is 6.42 Å². The first kappa shape index (κ1) is 19.3. The Morgan fingerprint density at radius 3 is 2.18 bits per heavy atom. The normalized spacial score (nSPS) is 11.0. The van der Waals surface area contributed by atoms with Crippen LogP contribution >= 0.6 is 11.6 Å². The number of hydrazone groups is 1. The third-order valence-electron chi connectivity index (χ3n) is 3.82. The summed E-state index contributed by atoms with van der Waals surface area (Å²) in [6, 6.07) is 24.5. The van der Waals surface area contributed by atoms with Gasteiger partial charge in [-0.05, 0) is 29.8 Å². The summed E-state index contributed by atoms with van der Waals surface area (Å²) >= 11 is 5.97. The highest BCUT2D eigenvalue weighted by Crippen LogP contribution is 2.15. The summed E-state index contributed by atoms with van der Waals surface area (Å²) in [5, 5.41) is 4.60. The second-order valence-electron chi connectivity index (χ2n) is 5.85. The summed E-state index contributed by atoms with van der Waals surface area (Å²) < 4.78 is 5.15. The number of nitrogens with zero attached hydrogens (tertiary/aromatic N) is 1. The zero-order chi connectivity index (χ0) is 19.8. The third-order valence-corrected chi connectivity index (χ3v) is 4.05. The van der Waals surface area contributed by atoms with Gasteiger partial charge in [-0.2, -0.15) is 5.10 Å². The van der Waals surface area contributed by atoms with Gasteiger partial charge in [-0.1, -0.05) is 72.3 Å². The third kappa shape index (κ3) is 5.53. The van der Waals surface area contributed by atoms with Crippen LogP contribution in [0.15, 0.2) is 90.0 Å². The van der Waals surface area contributed by atoms with Crippen LogP contribution in [0.1, 0.15) is 22.3 Å². The summed E-state index contributed by atoms with van der Waals surface area (Å²) in [5.74, 6) is 0.231. The van der Waals surface area contributed by atoms with Crippen LogP contribution in [0.4, 0.5) is 4.79 Å². The van der Waals surface area contributed by atoms with Crippen molar-refractivity contribution in [3.05, 3.63) is 101 Å². The first-order valence-corrected chi connectivity index (χ1v) is 8.93. The lowest BCUT2D eigenvalue weighted by atomic mass is 10.0. The van der Waals surface area contributed by atoms with E-state index in [1.807, 2.05) is 36.4 Å². The molecular formula is C22H17ClN2O3. The van der Waals surface area contributed by atoms with E-state index >= 15 is 0 Å². The van der Waals surface area contributed by atoms with E-state index in [4.69, 9.17) is 16.3 Å². The maximum absolute atomic E-state index is 12.6. The van der Waals surface area contributed by atoms with Crippen molar-refractivity contribution in [1.29, 1.82) is 0 Å². The van der Waals surface area contributed by atoms with Crippen molar-refractivity contribution in [2.24, 2.45) is 5.10 Å². The minimum Gasteiger partial charge on any atom is -0.409 e. The molecule has 3 aromatic carbocycles. The van der Waals surface area contributed by atoms with Crippen LogP contribution in [0.2, 0.25) is 5.02 Å². The van der Waals surface area contributed by atoms with Crippen molar-refractivity contribution in [3.63, 3.8) is 0 Å². The molecule has 5 nitrogen and oxygen atoms in total. The number of amides is 1. The van der Waals surface area contributed by atoms with E-state index < -0.39 is 6.09 Å². The maximum Gasteiger partial charge on any atom is 0.433 e. The number of halogens is 1.